The van der Waals surface area contributed by atoms with Crippen molar-refractivity contribution in [2.45, 2.75) is 19.6 Å². The Morgan fingerprint density at radius 2 is 2.17 bits per heavy atom. The van der Waals surface area contributed by atoms with Crippen LogP contribution in [0.2, 0.25) is 0 Å². The van der Waals surface area contributed by atoms with Gasteiger partial charge in [0.15, 0.2) is 6.23 Å². The molecule has 0 radical (unpaired) electrons. The van der Waals surface area contributed by atoms with E-state index in [1.165, 1.54) is 4.90 Å². The maximum absolute atomic E-state index is 12.1. The number of anilines is 1. The largest absolute Gasteiger partial charge is 0.449 e. The fourth-order valence-corrected chi connectivity index (χ4v) is 1.90. The van der Waals surface area contributed by atoms with E-state index in [9.17, 15) is 4.79 Å². The molecule has 18 heavy (non-hydrogen) atoms. The summed E-state index contributed by atoms with van der Waals surface area (Å²) < 4.78 is 10.5. The summed E-state index contributed by atoms with van der Waals surface area (Å²) in [4.78, 5) is 13.6. The number of nitrogens with zero attached hydrogens (tertiary/aromatic N) is 1. The van der Waals surface area contributed by atoms with Crippen molar-refractivity contribution in [3.05, 3.63) is 35.9 Å². The van der Waals surface area contributed by atoms with Crippen LogP contribution in [0.4, 0.5) is 10.5 Å². The number of methoxy groups -OCH3 is 1. The summed E-state index contributed by atoms with van der Waals surface area (Å²) in [7, 11) is 1.57. The number of carbonyl (C=O) groups excluding carboxylic acids is 1. The monoisotopic (exact) mass is 247 g/mol. The quantitative estimate of drug-likeness (QED) is 0.824. The molecule has 4 heteroatoms. The van der Waals surface area contributed by atoms with Crippen molar-refractivity contribution < 1.29 is 14.3 Å². The predicted octanol–water partition coefficient (Wildman–Crippen LogP) is 3.04. The molecule has 1 aliphatic rings. The Bertz CT molecular complexity index is 456. The lowest BCUT2D eigenvalue weighted by atomic mass is 10.1. The van der Waals surface area contributed by atoms with Gasteiger partial charge in [-0.05, 0) is 24.1 Å². The Kier molecular flexibility index (Phi) is 3.99. The number of benzene rings is 1. The molecule has 1 amide bonds. The highest BCUT2D eigenvalue weighted by atomic mass is 16.6. The number of carbonyl (C=O) groups is 1. The number of hydrogen-bond donors (Lipinski definition) is 0. The number of hydrogen-bond acceptors (Lipinski definition) is 3. The van der Waals surface area contributed by atoms with Crippen molar-refractivity contribution in [2.24, 2.45) is 0 Å². The Morgan fingerprint density at radius 3 is 2.89 bits per heavy atom. The highest BCUT2D eigenvalue weighted by Crippen LogP contribution is 2.29. The van der Waals surface area contributed by atoms with Gasteiger partial charge >= 0.3 is 6.09 Å². The minimum Gasteiger partial charge on any atom is -0.449 e. The van der Waals surface area contributed by atoms with Crippen molar-refractivity contribution in [2.75, 3.05) is 18.6 Å². The van der Waals surface area contributed by atoms with Crippen LogP contribution in [-0.4, -0.2) is 26.0 Å². The second-order valence-corrected chi connectivity index (χ2v) is 4.03. The van der Waals surface area contributed by atoms with E-state index in [1.807, 2.05) is 43.3 Å². The first kappa shape index (κ1) is 12.6. The summed E-state index contributed by atoms with van der Waals surface area (Å²) in [5, 5.41) is 0. The number of amides is 1. The molecule has 1 unspecified atom stereocenters. The summed E-state index contributed by atoms with van der Waals surface area (Å²) in [6.07, 6.45) is 3.81. The molecule has 0 saturated carbocycles. The highest BCUT2D eigenvalue weighted by Gasteiger charge is 2.28. The summed E-state index contributed by atoms with van der Waals surface area (Å²) in [6.45, 7) is 2.38. The Morgan fingerprint density at radius 1 is 1.39 bits per heavy atom. The van der Waals surface area contributed by atoms with Crippen molar-refractivity contribution in [3.8, 4) is 0 Å². The molecule has 1 atom stereocenters. The molecule has 0 bridgehead atoms. The number of rotatable bonds is 3. The zero-order valence-electron chi connectivity index (χ0n) is 10.6. The van der Waals surface area contributed by atoms with Crippen LogP contribution >= 0.6 is 0 Å². The van der Waals surface area contributed by atoms with Crippen LogP contribution in [0.3, 0.4) is 0 Å². The minimum absolute atomic E-state index is 0.375. The molecule has 1 aliphatic heterocycles. The van der Waals surface area contributed by atoms with Crippen molar-refractivity contribution in [1.29, 1.82) is 0 Å². The van der Waals surface area contributed by atoms with Crippen LogP contribution in [0.1, 0.15) is 18.9 Å². The molecule has 0 spiro atoms. The van der Waals surface area contributed by atoms with E-state index < -0.39 is 6.23 Å². The van der Waals surface area contributed by atoms with Gasteiger partial charge in [-0.3, -0.25) is 0 Å². The third-order valence-corrected chi connectivity index (χ3v) is 2.76. The average Bonchev–Trinajstić information content (AvgIpc) is 2.43. The first-order chi connectivity index (χ1) is 8.77. The van der Waals surface area contributed by atoms with E-state index in [2.05, 4.69) is 0 Å². The predicted molar refractivity (Wildman–Crippen MR) is 70.4 cm³/mol. The van der Waals surface area contributed by atoms with Gasteiger partial charge in [0.1, 0.15) is 0 Å². The SMILES string of the molecule is CCCOC(=O)N1c2ccccc2C=CC1OC. The van der Waals surface area contributed by atoms with Crippen molar-refractivity contribution in [1.82, 2.24) is 0 Å². The van der Waals surface area contributed by atoms with Crippen LogP contribution in [-0.2, 0) is 9.47 Å². The Balaban J connectivity index is 2.29. The molecule has 1 heterocycles. The maximum Gasteiger partial charge on any atom is 0.416 e. The molecule has 2 rings (SSSR count). The van der Waals surface area contributed by atoms with Gasteiger partial charge < -0.3 is 9.47 Å². The van der Waals surface area contributed by atoms with Crippen LogP contribution in [0, 0.1) is 0 Å². The van der Waals surface area contributed by atoms with E-state index in [-0.39, 0.29) is 6.09 Å². The standard InChI is InChI=1S/C14H17NO3/c1-3-10-18-14(16)15-12-7-5-4-6-11(12)8-9-13(15)17-2/h4-9,13H,3,10H2,1-2H3. The summed E-state index contributed by atoms with van der Waals surface area (Å²) in [5.41, 5.74) is 1.80. The smallest absolute Gasteiger partial charge is 0.416 e. The molecule has 0 fully saturated rings. The van der Waals surface area contributed by atoms with Crippen molar-refractivity contribution >= 4 is 17.9 Å². The Labute approximate surface area is 107 Å². The maximum atomic E-state index is 12.1. The molecule has 0 saturated heterocycles. The van der Waals surface area contributed by atoms with Crippen LogP contribution in [0.25, 0.3) is 6.08 Å². The van der Waals surface area contributed by atoms with E-state index in [1.54, 1.807) is 7.11 Å². The third kappa shape index (κ3) is 2.38. The van der Waals surface area contributed by atoms with E-state index in [0.717, 1.165) is 17.7 Å². The van der Waals surface area contributed by atoms with Gasteiger partial charge in [-0.2, -0.15) is 0 Å². The van der Waals surface area contributed by atoms with E-state index in [4.69, 9.17) is 9.47 Å². The van der Waals surface area contributed by atoms with Crippen molar-refractivity contribution in [3.63, 3.8) is 0 Å². The molecule has 4 nitrogen and oxygen atoms in total. The number of ether oxygens (including phenoxy) is 2. The number of fused-ring (bicyclic) bond motifs is 1. The lowest BCUT2D eigenvalue weighted by Crippen LogP contribution is -2.42. The topological polar surface area (TPSA) is 38.8 Å². The first-order valence-electron chi connectivity index (χ1n) is 6.04. The molecule has 96 valence electrons. The number of para-hydroxylation sites is 1. The van der Waals surface area contributed by atoms with E-state index >= 15 is 0 Å². The third-order valence-electron chi connectivity index (χ3n) is 2.76. The van der Waals surface area contributed by atoms with Gasteiger partial charge in [0.25, 0.3) is 0 Å². The first-order valence-corrected chi connectivity index (χ1v) is 6.04. The minimum atomic E-state index is -0.413. The zero-order chi connectivity index (χ0) is 13.0. The second-order valence-electron chi connectivity index (χ2n) is 4.03. The fourth-order valence-electron chi connectivity index (χ4n) is 1.90. The molecule has 1 aromatic rings. The lowest BCUT2D eigenvalue weighted by Gasteiger charge is -2.31. The van der Waals surface area contributed by atoms with Crippen LogP contribution in [0.15, 0.2) is 30.3 Å². The zero-order valence-corrected chi connectivity index (χ0v) is 10.6. The summed E-state index contributed by atoms with van der Waals surface area (Å²) >= 11 is 0. The normalized spacial score (nSPS) is 17.4. The molecular weight excluding hydrogens is 230 g/mol. The Hall–Kier alpha value is -1.81. The molecular formula is C14H17NO3. The average molecular weight is 247 g/mol. The van der Waals surface area contributed by atoms with Crippen LogP contribution < -0.4 is 4.90 Å². The van der Waals surface area contributed by atoms with Gasteiger partial charge in [0, 0.05) is 7.11 Å². The molecule has 0 aliphatic carbocycles. The molecule has 0 N–H and O–H groups in total. The lowest BCUT2D eigenvalue weighted by molar-refractivity contribution is 0.109. The fraction of sp³-hybridized carbons (Fsp3) is 0.357. The molecule has 1 aromatic carbocycles. The van der Waals surface area contributed by atoms with Gasteiger partial charge in [-0.25, -0.2) is 9.69 Å². The van der Waals surface area contributed by atoms with Gasteiger partial charge in [-0.15, -0.1) is 0 Å². The van der Waals surface area contributed by atoms with E-state index in [0.29, 0.717) is 6.61 Å². The molecule has 0 aromatic heterocycles. The van der Waals surface area contributed by atoms with Gasteiger partial charge in [-0.1, -0.05) is 31.2 Å². The van der Waals surface area contributed by atoms with Gasteiger partial charge in [0.05, 0.1) is 12.3 Å². The second kappa shape index (κ2) is 5.69. The van der Waals surface area contributed by atoms with Crippen LogP contribution in [0.5, 0.6) is 0 Å². The highest BCUT2D eigenvalue weighted by molar-refractivity contribution is 5.93. The summed E-state index contributed by atoms with van der Waals surface area (Å²) in [5.74, 6) is 0. The summed E-state index contributed by atoms with van der Waals surface area (Å²) in [6, 6.07) is 7.67. The van der Waals surface area contributed by atoms with Gasteiger partial charge in [0.2, 0.25) is 0 Å².